The van der Waals surface area contributed by atoms with Crippen molar-refractivity contribution in [1.29, 1.82) is 0 Å². The van der Waals surface area contributed by atoms with Gasteiger partial charge in [-0.2, -0.15) is 0 Å². The van der Waals surface area contributed by atoms with Gasteiger partial charge in [0.25, 0.3) is 0 Å². The highest BCUT2D eigenvalue weighted by molar-refractivity contribution is 6.30. The molecule has 1 heterocycles. The van der Waals surface area contributed by atoms with Crippen LogP contribution in [-0.4, -0.2) is 44.2 Å². The van der Waals surface area contributed by atoms with Crippen molar-refractivity contribution in [2.75, 3.05) is 33.4 Å². The van der Waals surface area contributed by atoms with Crippen molar-refractivity contribution in [3.05, 3.63) is 34.9 Å². The number of carbonyl (C=O) groups excluding carboxylic acids is 1. The van der Waals surface area contributed by atoms with E-state index in [-0.39, 0.29) is 17.4 Å². The van der Waals surface area contributed by atoms with E-state index < -0.39 is 0 Å². The molecular formula is C20H29ClN2O2. The summed E-state index contributed by atoms with van der Waals surface area (Å²) in [5.41, 5.74) is 0.919. The highest BCUT2D eigenvalue weighted by atomic mass is 35.5. The SMILES string of the molecule is COCC1(C(=O)NC[C@H](c2ccc(Cl)cc2)N2CCCCC2)CCC1. The summed E-state index contributed by atoms with van der Waals surface area (Å²) in [5.74, 6) is 0.150. The summed E-state index contributed by atoms with van der Waals surface area (Å²) in [6.07, 6.45) is 6.73. The molecule has 1 saturated carbocycles. The van der Waals surface area contributed by atoms with Crippen LogP contribution in [0.1, 0.15) is 50.1 Å². The number of hydrogen-bond donors (Lipinski definition) is 1. The first kappa shape index (κ1) is 18.7. The molecule has 0 bridgehead atoms. The number of hydrogen-bond acceptors (Lipinski definition) is 3. The van der Waals surface area contributed by atoms with Crippen LogP contribution >= 0.6 is 11.6 Å². The standard InChI is InChI=1S/C20H29ClN2O2/c1-25-15-20(10-5-11-20)19(24)22-14-18(23-12-3-2-4-13-23)16-6-8-17(21)9-7-16/h6-9,18H,2-5,10-15H2,1H3,(H,22,24)/t18-/m1/s1. The molecule has 2 fully saturated rings. The van der Waals surface area contributed by atoms with Crippen LogP contribution in [0.2, 0.25) is 5.02 Å². The Morgan fingerprint density at radius 3 is 2.44 bits per heavy atom. The van der Waals surface area contributed by atoms with Crippen LogP contribution < -0.4 is 5.32 Å². The largest absolute Gasteiger partial charge is 0.384 e. The van der Waals surface area contributed by atoms with Crippen LogP contribution in [0.4, 0.5) is 0 Å². The van der Waals surface area contributed by atoms with Crippen molar-refractivity contribution < 1.29 is 9.53 Å². The lowest BCUT2D eigenvalue weighted by atomic mass is 9.68. The number of halogens is 1. The van der Waals surface area contributed by atoms with Crippen molar-refractivity contribution in [2.24, 2.45) is 5.41 Å². The highest BCUT2D eigenvalue weighted by Crippen LogP contribution is 2.41. The van der Waals surface area contributed by atoms with Crippen molar-refractivity contribution in [2.45, 2.75) is 44.6 Å². The summed E-state index contributed by atoms with van der Waals surface area (Å²) in [4.78, 5) is 15.3. The van der Waals surface area contributed by atoms with Crippen LogP contribution in [-0.2, 0) is 9.53 Å². The minimum atomic E-state index is -0.304. The lowest BCUT2D eigenvalue weighted by molar-refractivity contribution is -0.140. The lowest BCUT2D eigenvalue weighted by Gasteiger charge is -2.41. The van der Waals surface area contributed by atoms with Crippen LogP contribution in [0.5, 0.6) is 0 Å². The van der Waals surface area contributed by atoms with E-state index in [1.54, 1.807) is 7.11 Å². The Morgan fingerprint density at radius 2 is 1.88 bits per heavy atom. The molecule has 1 aliphatic carbocycles. The lowest BCUT2D eigenvalue weighted by Crippen LogP contribution is -2.50. The number of amides is 1. The van der Waals surface area contributed by atoms with Crippen LogP contribution in [0.3, 0.4) is 0 Å². The van der Waals surface area contributed by atoms with Gasteiger partial charge in [0.2, 0.25) is 5.91 Å². The second-order valence-electron chi connectivity index (χ2n) is 7.44. The van der Waals surface area contributed by atoms with Gasteiger partial charge in [-0.05, 0) is 56.5 Å². The van der Waals surface area contributed by atoms with Gasteiger partial charge in [-0.25, -0.2) is 0 Å². The molecule has 5 heteroatoms. The average Bonchev–Trinajstić information content (AvgIpc) is 2.60. The summed E-state index contributed by atoms with van der Waals surface area (Å²) in [6, 6.07) is 8.26. The van der Waals surface area contributed by atoms with Crippen LogP contribution in [0.25, 0.3) is 0 Å². The van der Waals surface area contributed by atoms with E-state index >= 15 is 0 Å². The summed E-state index contributed by atoms with van der Waals surface area (Å²) in [5, 5.41) is 3.98. The number of ether oxygens (including phenoxy) is 1. The number of piperidine rings is 1. The first-order valence-electron chi connectivity index (χ1n) is 9.41. The average molecular weight is 365 g/mol. The third-order valence-electron chi connectivity index (χ3n) is 5.76. The molecule has 0 aromatic heterocycles. The molecule has 1 aromatic carbocycles. The first-order chi connectivity index (χ1) is 12.1. The molecule has 3 rings (SSSR count). The van der Waals surface area contributed by atoms with Crippen molar-refractivity contribution >= 4 is 17.5 Å². The number of nitrogens with zero attached hydrogens (tertiary/aromatic N) is 1. The number of likely N-dealkylation sites (tertiary alicyclic amines) is 1. The number of carbonyl (C=O) groups is 1. The maximum atomic E-state index is 12.8. The summed E-state index contributed by atoms with van der Waals surface area (Å²) < 4.78 is 5.31. The zero-order chi connectivity index (χ0) is 17.7. The molecule has 0 unspecified atom stereocenters. The Balaban J connectivity index is 1.69. The van der Waals surface area contributed by atoms with Gasteiger partial charge in [-0.1, -0.05) is 36.6 Å². The Hall–Kier alpha value is -1.10. The Bertz CT molecular complexity index is 566. The van der Waals surface area contributed by atoms with E-state index in [1.807, 2.05) is 12.1 Å². The molecule has 1 atom stereocenters. The molecule has 2 aliphatic rings. The molecular weight excluding hydrogens is 336 g/mol. The molecule has 1 saturated heterocycles. The smallest absolute Gasteiger partial charge is 0.228 e. The van der Waals surface area contributed by atoms with Crippen LogP contribution in [0, 0.1) is 5.41 Å². The highest BCUT2D eigenvalue weighted by Gasteiger charge is 2.44. The van der Waals surface area contributed by atoms with E-state index in [9.17, 15) is 4.79 Å². The first-order valence-corrected chi connectivity index (χ1v) is 9.79. The fraction of sp³-hybridized carbons (Fsp3) is 0.650. The monoisotopic (exact) mass is 364 g/mol. The quantitative estimate of drug-likeness (QED) is 0.800. The Labute approximate surface area is 155 Å². The van der Waals surface area contributed by atoms with Gasteiger partial charge >= 0.3 is 0 Å². The maximum Gasteiger partial charge on any atom is 0.228 e. The van der Waals surface area contributed by atoms with E-state index in [1.165, 1.54) is 24.8 Å². The molecule has 0 radical (unpaired) electrons. The molecule has 1 amide bonds. The zero-order valence-corrected chi connectivity index (χ0v) is 15.9. The fourth-order valence-electron chi connectivity index (χ4n) is 4.07. The maximum absolute atomic E-state index is 12.8. The van der Waals surface area contributed by atoms with E-state index in [4.69, 9.17) is 16.3 Å². The van der Waals surface area contributed by atoms with E-state index in [0.29, 0.717) is 13.2 Å². The third-order valence-corrected chi connectivity index (χ3v) is 6.01. The topological polar surface area (TPSA) is 41.6 Å². The summed E-state index contributed by atoms with van der Waals surface area (Å²) in [7, 11) is 1.68. The van der Waals surface area contributed by atoms with Gasteiger partial charge in [0.15, 0.2) is 0 Å². The molecule has 0 spiro atoms. The third kappa shape index (κ3) is 4.36. The predicted molar refractivity (Wildman–Crippen MR) is 101 cm³/mol. The zero-order valence-electron chi connectivity index (χ0n) is 15.1. The molecule has 4 nitrogen and oxygen atoms in total. The number of nitrogens with one attached hydrogen (secondary N) is 1. The number of methoxy groups -OCH3 is 1. The van der Waals surface area contributed by atoms with Gasteiger partial charge < -0.3 is 10.1 Å². The minimum absolute atomic E-state index is 0.150. The molecule has 1 aromatic rings. The van der Waals surface area contributed by atoms with Gasteiger partial charge in [0, 0.05) is 18.7 Å². The minimum Gasteiger partial charge on any atom is -0.384 e. The van der Waals surface area contributed by atoms with Gasteiger partial charge in [-0.3, -0.25) is 9.69 Å². The normalized spacial score (nSPS) is 21.4. The molecule has 138 valence electrons. The molecule has 1 aliphatic heterocycles. The summed E-state index contributed by atoms with van der Waals surface area (Å²) in [6.45, 7) is 3.35. The van der Waals surface area contributed by atoms with Crippen molar-refractivity contribution in [3.8, 4) is 0 Å². The van der Waals surface area contributed by atoms with E-state index in [2.05, 4.69) is 22.3 Å². The number of rotatable bonds is 7. The van der Waals surface area contributed by atoms with Crippen molar-refractivity contribution in [3.63, 3.8) is 0 Å². The molecule has 1 N–H and O–H groups in total. The van der Waals surface area contributed by atoms with Crippen LogP contribution in [0.15, 0.2) is 24.3 Å². The van der Waals surface area contributed by atoms with Crippen molar-refractivity contribution in [1.82, 2.24) is 10.2 Å². The Kier molecular flexibility index (Phi) is 6.37. The van der Waals surface area contributed by atoms with E-state index in [0.717, 1.165) is 37.4 Å². The predicted octanol–water partition coefficient (Wildman–Crippen LogP) is 3.80. The number of benzene rings is 1. The second kappa shape index (κ2) is 8.52. The summed E-state index contributed by atoms with van der Waals surface area (Å²) >= 11 is 6.05. The second-order valence-corrected chi connectivity index (χ2v) is 7.88. The molecule has 25 heavy (non-hydrogen) atoms. The van der Waals surface area contributed by atoms with Gasteiger partial charge in [-0.15, -0.1) is 0 Å². The fourth-order valence-corrected chi connectivity index (χ4v) is 4.19. The van der Waals surface area contributed by atoms with Gasteiger partial charge in [0.1, 0.15) is 0 Å². The Morgan fingerprint density at radius 1 is 1.20 bits per heavy atom. The van der Waals surface area contributed by atoms with Gasteiger partial charge in [0.05, 0.1) is 18.1 Å².